The number of likely N-dealkylation sites (N-methyl/N-ethyl adjacent to an activating group) is 1. The topological polar surface area (TPSA) is 31.8 Å². The van der Waals surface area contributed by atoms with Crippen molar-refractivity contribution in [1.82, 2.24) is 14.8 Å². The molecule has 0 bridgehead atoms. The lowest BCUT2D eigenvalue weighted by atomic mass is 10.2. The molecule has 0 N–H and O–H groups in total. The molecule has 21 heavy (non-hydrogen) atoms. The van der Waals surface area contributed by atoms with E-state index in [2.05, 4.69) is 32.8 Å². The van der Waals surface area contributed by atoms with Gasteiger partial charge < -0.3 is 14.5 Å². The van der Waals surface area contributed by atoms with Gasteiger partial charge in [0.2, 0.25) is 0 Å². The third-order valence-electron chi connectivity index (χ3n) is 4.18. The number of nitrogens with zero attached hydrogens (tertiary/aromatic N) is 4. The molecule has 0 radical (unpaired) electrons. The van der Waals surface area contributed by atoms with E-state index >= 15 is 0 Å². The summed E-state index contributed by atoms with van der Waals surface area (Å²) in [5, 5.41) is 0.586. The van der Waals surface area contributed by atoms with Crippen molar-refractivity contribution in [2.45, 2.75) is 6.54 Å². The molecule has 0 spiro atoms. The third-order valence-corrected chi connectivity index (χ3v) is 4.37. The molecule has 0 unspecified atom stereocenters. The van der Waals surface area contributed by atoms with Crippen LogP contribution in [0.2, 0.25) is 5.15 Å². The third kappa shape index (κ3) is 4.07. The van der Waals surface area contributed by atoms with E-state index in [0.29, 0.717) is 5.15 Å². The molecule has 3 heterocycles. The fraction of sp³-hybridized carbons (Fsp3) is 0.667. The van der Waals surface area contributed by atoms with Crippen LogP contribution in [0.15, 0.2) is 12.1 Å². The van der Waals surface area contributed by atoms with Crippen molar-refractivity contribution in [2.75, 3.05) is 64.4 Å². The highest BCUT2D eigenvalue weighted by Crippen LogP contribution is 2.20. The van der Waals surface area contributed by atoms with Crippen LogP contribution in [0.3, 0.4) is 0 Å². The Kier molecular flexibility index (Phi) is 4.95. The Balaban J connectivity index is 1.68. The largest absolute Gasteiger partial charge is 0.378 e. The molecule has 6 heteroatoms. The van der Waals surface area contributed by atoms with Crippen LogP contribution in [-0.2, 0) is 11.3 Å². The SMILES string of the molecule is CN1CCN(Cc2cc(Cl)nc(N3CCOCC3)c2)CC1. The molecular formula is C15H23ClN4O. The second-order valence-corrected chi connectivity index (χ2v) is 6.22. The maximum atomic E-state index is 6.21. The molecule has 0 aliphatic carbocycles. The molecule has 2 fully saturated rings. The van der Waals surface area contributed by atoms with Gasteiger partial charge in [-0.1, -0.05) is 11.6 Å². The molecule has 0 saturated carbocycles. The summed E-state index contributed by atoms with van der Waals surface area (Å²) in [6, 6.07) is 4.17. The first-order chi connectivity index (χ1) is 10.2. The standard InChI is InChI=1S/C15H23ClN4O/c1-18-2-4-19(5-3-18)12-13-10-14(16)17-15(11-13)20-6-8-21-9-7-20/h10-11H,2-9,12H2,1H3. The monoisotopic (exact) mass is 310 g/mol. The van der Waals surface area contributed by atoms with Crippen molar-refractivity contribution in [3.8, 4) is 0 Å². The first kappa shape index (κ1) is 15.0. The number of anilines is 1. The van der Waals surface area contributed by atoms with Crippen LogP contribution in [0.1, 0.15) is 5.56 Å². The Bertz CT molecular complexity index is 471. The molecule has 0 amide bonds. The lowest BCUT2D eigenvalue weighted by Gasteiger charge is -2.33. The normalized spacial score (nSPS) is 21.7. The number of piperazine rings is 1. The number of hydrogen-bond donors (Lipinski definition) is 0. The van der Waals surface area contributed by atoms with E-state index in [4.69, 9.17) is 16.3 Å². The van der Waals surface area contributed by atoms with Crippen molar-refractivity contribution >= 4 is 17.4 Å². The van der Waals surface area contributed by atoms with Gasteiger partial charge in [0, 0.05) is 45.8 Å². The van der Waals surface area contributed by atoms with E-state index in [-0.39, 0.29) is 0 Å². The van der Waals surface area contributed by atoms with Gasteiger partial charge in [0.15, 0.2) is 0 Å². The number of aromatic nitrogens is 1. The minimum atomic E-state index is 0.586. The van der Waals surface area contributed by atoms with Crippen LogP contribution in [-0.4, -0.2) is 74.3 Å². The van der Waals surface area contributed by atoms with Gasteiger partial charge in [0.05, 0.1) is 13.2 Å². The molecule has 2 aliphatic rings. The van der Waals surface area contributed by atoms with E-state index in [1.165, 1.54) is 5.56 Å². The predicted octanol–water partition coefficient (Wildman–Crippen LogP) is 1.32. The predicted molar refractivity (Wildman–Crippen MR) is 85.1 cm³/mol. The quantitative estimate of drug-likeness (QED) is 0.786. The summed E-state index contributed by atoms with van der Waals surface area (Å²) in [4.78, 5) is 11.6. The minimum Gasteiger partial charge on any atom is -0.378 e. The van der Waals surface area contributed by atoms with Crippen molar-refractivity contribution in [2.24, 2.45) is 0 Å². The van der Waals surface area contributed by atoms with Gasteiger partial charge in [-0.05, 0) is 24.7 Å². The number of rotatable bonds is 3. The van der Waals surface area contributed by atoms with Crippen LogP contribution in [0, 0.1) is 0 Å². The van der Waals surface area contributed by atoms with E-state index in [1.807, 2.05) is 6.07 Å². The fourth-order valence-electron chi connectivity index (χ4n) is 2.84. The summed E-state index contributed by atoms with van der Waals surface area (Å²) in [7, 11) is 2.18. The Hall–Kier alpha value is -0.880. The van der Waals surface area contributed by atoms with Crippen LogP contribution in [0.4, 0.5) is 5.82 Å². The summed E-state index contributed by atoms with van der Waals surface area (Å²) in [5.41, 5.74) is 1.25. The first-order valence-corrected chi connectivity index (χ1v) is 7.98. The molecule has 116 valence electrons. The zero-order valence-electron chi connectivity index (χ0n) is 12.6. The summed E-state index contributed by atoms with van der Waals surface area (Å²) in [6.07, 6.45) is 0. The van der Waals surface area contributed by atoms with E-state index in [1.54, 1.807) is 0 Å². The molecule has 1 aromatic rings. The van der Waals surface area contributed by atoms with Crippen LogP contribution in [0.5, 0.6) is 0 Å². The number of halogens is 1. The maximum absolute atomic E-state index is 6.21. The zero-order chi connectivity index (χ0) is 14.7. The van der Waals surface area contributed by atoms with Crippen LogP contribution in [0.25, 0.3) is 0 Å². The molecular weight excluding hydrogens is 288 g/mol. The van der Waals surface area contributed by atoms with E-state index in [0.717, 1.165) is 64.8 Å². The molecule has 0 atom stereocenters. The van der Waals surface area contributed by atoms with Gasteiger partial charge in [-0.2, -0.15) is 0 Å². The number of ether oxygens (including phenoxy) is 1. The summed E-state index contributed by atoms with van der Waals surface area (Å²) < 4.78 is 5.40. The average Bonchev–Trinajstić information content (AvgIpc) is 2.50. The Labute approximate surface area is 131 Å². The zero-order valence-corrected chi connectivity index (χ0v) is 13.3. The molecule has 2 saturated heterocycles. The van der Waals surface area contributed by atoms with E-state index < -0.39 is 0 Å². The fourth-order valence-corrected chi connectivity index (χ4v) is 3.07. The van der Waals surface area contributed by atoms with Crippen molar-refractivity contribution < 1.29 is 4.74 Å². The Morgan fingerprint density at radius 2 is 1.81 bits per heavy atom. The Morgan fingerprint density at radius 3 is 2.52 bits per heavy atom. The average molecular weight is 311 g/mol. The van der Waals surface area contributed by atoms with Gasteiger partial charge in [0.1, 0.15) is 11.0 Å². The summed E-state index contributed by atoms with van der Waals surface area (Å²) in [5.74, 6) is 0.981. The molecule has 2 aliphatic heterocycles. The van der Waals surface area contributed by atoms with E-state index in [9.17, 15) is 0 Å². The van der Waals surface area contributed by atoms with Gasteiger partial charge >= 0.3 is 0 Å². The van der Waals surface area contributed by atoms with Crippen molar-refractivity contribution in [1.29, 1.82) is 0 Å². The van der Waals surface area contributed by atoms with Gasteiger partial charge in [-0.3, -0.25) is 4.90 Å². The van der Waals surface area contributed by atoms with Crippen LogP contribution < -0.4 is 4.90 Å². The molecule has 1 aromatic heterocycles. The highest BCUT2D eigenvalue weighted by molar-refractivity contribution is 6.29. The molecule has 3 rings (SSSR count). The minimum absolute atomic E-state index is 0.586. The number of morpholine rings is 1. The maximum Gasteiger partial charge on any atom is 0.131 e. The number of pyridine rings is 1. The van der Waals surface area contributed by atoms with Crippen molar-refractivity contribution in [3.63, 3.8) is 0 Å². The lowest BCUT2D eigenvalue weighted by Crippen LogP contribution is -2.43. The number of hydrogen-bond acceptors (Lipinski definition) is 5. The molecule has 5 nitrogen and oxygen atoms in total. The lowest BCUT2D eigenvalue weighted by molar-refractivity contribution is 0.122. The van der Waals surface area contributed by atoms with Gasteiger partial charge in [0.25, 0.3) is 0 Å². The molecule has 0 aromatic carbocycles. The first-order valence-electron chi connectivity index (χ1n) is 7.61. The van der Waals surface area contributed by atoms with Crippen LogP contribution >= 0.6 is 11.6 Å². The second kappa shape index (κ2) is 6.92. The van der Waals surface area contributed by atoms with Gasteiger partial charge in [-0.15, -0.1) is 0 Å². The summed E-state index contributed by atoms with van der Waals surface area (Å²) >= 11 is 6.21. The van der Waals surface area contributed by atoms with Crippen molar-refractivity contribution in [3.05, 3.63) is 22.8 Å². The smallest absolute Gasteiger partial charge is 0.131 e. The second-order valence-electron chi connectivity index (χ2n) is 5.84. The van der Waals surface area contributed by atoms with Gasteiger partial charge in [-0.25, -0.2) is 4.98 Å². The highest BCUT2D eigenvalue weighted by Gasteiger charge is 2.17. The Morgan fingerprint density at radius 1 is 1.10 bits per heavy atom. The highest BCUT2D eigenvalue weighted by atomic mass is 35.5. The summed E-state index contributed by atoms with van der Waals surface area (Å²) in [6.45, 7) is 8.76.